The zero-order chi connectivity index (χ0) is 9.10. The van der Waals surface area contributed by atoms with E-state index in [0.717, 1.165) is 12.8 Å². The molecule has 0 aliphatic heterocycles. The molecule has 0 saturated heterocycles. The number of allylic oxidation sites excluding steroid dienone is 8. The van der Waals surface area contributed by atoms with Crippen LogP contribution in [0.2, 0.25) is 4.73 Å². The van der Waals surface area contributed by atoms with Crippen molar-refractivity contribution in [2.24, 2.45) is 5.92 Å². The molecule has 14 heavy (non-hydrogen) atoms. The predicted molar refractivity (Wildman–Crippen MR) is 52.0 cm³/mol. The van der Waals surface area contributed by atoms with Crippen molar-refractivity contribution in [3.8, 4) is 0 Å². The van der Waals surface area contributed by atoms with Gasteiger partial charge in [-0.05, 0) is 0 Å². The summed E-state index contributed by atoms with van der Waals surface area (Å²) in [6, 6.07) is 0. The van der Waals surface area contributed by atoms with Gasteiger partial charge >= 0.3 is 91.5 Å². The molecule has 0 N–H and O–H groups in total. The molecule has 0 bridgehead atoms. The second-order valence-electron chi connectivity index (χ2n) is 3.50. The predicted octanol–water partition coefficient (Wildman–Crippen LogP) is 0.344. The molecule has 0 aromatic rings. The molecule has 2 aliphatic carbocycles. The Kier molecular flexibility index (Phi) is 4.94. The van der Waals surface area contributed by atoms with Gasteiger partial charge in [-0.25, -0.2) is 0 Å². The first kappa shape index (κ1) is 12.0. The van der Waals surface area contributed by atoms with Crippen molar-refractivity contribution < 1.29 is 32.8 Å². The van der Waals surface area contributed by atoms with Crippen LogP contribution in [0.4, 0.5) is 0 Å². The van der Waals surface area contributed by atoms with Gasteiger partial charge < -0.3 is 12.4 Å². The Morgan fingerprint density at radius 2 is 1.57 bits per heavy atom. The summed E-state index contributed by atoms with van der Waals surface area (Å²) in [7, 11) is 0. The van der Waals surface area contributed by atoms with E-state index in [-0.39, 0.29) is 12.4 Å². The minimum atomic E-state index is 0. The van der Waals surface area contributed by atoms with Gasteiger partial charge in [0, 0.05) is 0 Å². The molecule has 0 unspecified atom stereocenters. The van der Waals surface area contributed by atoms with Crippen LogP contribution in [0.1, 0.15) is 12.8 Å². The summed E-state index contributed by atoms with van der Waals surface area (Å²) in [5, 5.41) is 0. The summed E-state index contributed by atoms with van der Waals surface area (Å²) in [6.45, 7) is 0. The van der Waals surface area contributed by atoms with Gasteiger partial charge in [0.25, 0.3) is 0 Å². The van der Waals surface area contributed by atoms with Gasteiger partial charge in [0.1, 0.15) is 0 Å². The van der Waals surface area contributed by atoms with Gasteiger partial charge in [-0.15, -0.1) is 0 Å². The topological polar surface area (TPSA) is 0 Å². The van der Waals surface area contributed by atoms with E-state index < -0.39 is 0 Å². The Morgan fingerprint density at radius 3 is 1.86 bits per heavy atom. The summed E-state index contributed by atoms with van der Waals surface area (Å²) in [5.74, 6) is 0.699. The molecule has 0 amide bonds. The van der Waals surface area contributed by atoms with Crippen LogP contribution in [-0.4, -0.2) is 0 Å². The molecule has 0 fully saturated rings. The average Bonchev–Trinajstić information content (AvgIpc) is 2.76. The third-order valence-electron chi connectivity index (χ3n) is 2.70. The molecule has 0 nitrogen and oxygen atoms in total. The summed E-state index contributed by atoms with van der Waals surface area (Å²) in [4.78, 5) is 0. The van der Waals surface area contributed by atoms with E-state index >= 15 is 0 Å². The first-order valence-corrected chi connectivity index (χ1v) is 5.88. The number of hydrogen-bond acceptors (Lipinski definition) is 0. The fraction of sp³-hybridized carbons (Fsp3) is 0.333. The van der Waals surface area contributed by atoms with E-state index in [2.05, 4.69) is 56.9 Å². The molecule has 0 aromatic heterocycles. The summed E-state index contributed by atoms with van der Waals surface area (Å²) < 4.78 is 1.24. The number of hydrogen-bond donors (Lipinski definition) is 0. The normalized spacial score (nSPS) is 18.3. The van der Waals surface area contributed by atoms with Crippen LogP contribution in [0, 0.1) is 5.92 Å². The molecule has 2 aliphatic rings. The van der Waals surface area contributed by atoms with E-state index in [0.29, 0.717) is 5.92 Å². The second kappa shape index (κ2) is 5.75. The molecule has 0 aromatic carbocycles. The third-order valence-corrected chi connectivity index (χ3v) is 3.34. The Morgan fingerprint density at radius 1 is 1.07 bits per heavy atom. The van der Waals surface area contributed by atoms with Gasteiger partial charge in [0.2, 0.25) is 0 Å². The van der Waals surface area contributed by atoms with Crippen LogP contribution in [0.3, 0.4) is 0 Å². The maximum absolute atomic E-state index is 2.29. The molecule has 0 heterocycles. The van der Waals surface area contributed by atoms with E-state index in [4.69, 9.17) is 0 Å². The summed E-state index contributed by atoms with van der Waals surface area (Å²) in [5.41, 5.74) is 3.19. The van der Waals surface area contributed by atoms with Crippen molar-refractivity contribution >= 4 is 0 Å². The van der Waals surface area contributed by atoms with Crippen molar-refractivity contribution in [1.82, 2.24) is 0 Å². The Bertz CT molecular complexity index is 280. The molecule has 72 valence electrons. The molecule has 0 spiro atoms. The van der Waals surface area contributed by atoms with Crippen molar-refractivity contribution in [2.45, 2.75) is 17.6 Å². The Balaban J connectivity index is 0.000000980. The Labute approximate surface area is 104 Å². The monoisotopic (exact) mass is 240 g/mol. The van der Waals surface area contributed by atoms with Crippen LogP contribution in [0.15, 0.2) is 47.6 Å². The van der Waals surface area contributed by atoms with Crippen LogP contribution in [0.25, 0.3) is 0 Å². The van der Waals surface area contributed by atoms with Crippen molar-refractivity contribution in [2.75, 3.05) is 0 Å². The molecular weight excluding hydrogens is 227 g/mol. The fourth-order valence-electron chi connectivity index (χ4n) is 1.94. The van der Waals surface area contributed by atoms with Crippen molar-refractivity contribution in [3.05, 3.63) is 47.6 Å². The average molecular weight is 241 g/mol. The van der Waals surface area contributed by atoms with Gasteiger partial charge in [-0.1, -0.05) is 0 Å². The summed E-state index contributed by atoms with van der Waals surface area (Å²) >= 11 is 2.28. The van der Waals surface area contributed by atoms with E-state index in [1.54, 1.807) is 11.1 Å². The molecule has 0 radical (unpaired) electrons. The zero-order valence-corrected chi connectivity index (χ0v) is 10.4. The quantitative estimate of drug-likeness (QED) is 0.625. The molecular formula is C12H13ClTi. The molecule has 0 saturated carbocycles. The molecule has 2 heteroatoms. The van der Waals surface area contributed by atoms with E-state index in [1.165, 1.54) is 4.73 Å². The van der Waals surface area contributed by atoms with Gasteiger partial charge in [-0.3, -0.25) is 0 Å². The van der Waals surface area contributed by atoms with Crippen molar-refractivity contribution in [1.29, 1.82) is 0 Å². The van der Waals surface area contributed by atoms with Crippen LogP contribution < -0.4 is 12.4 Å². The number of rotatable bonds is 3. The van der Waals surface area contributed by atoms with Crippen LogP contribution >= 0.6 is 0 Å². The van der Waals surface area contributed by atoms with Gasteiger partial charge in [-0.2, -0.15) is 0 Å². The molecule has 2 rings (SSSR count). The first-order chi connectivity index (χ1) is 6.42. The van der Waals surface area contributed by atoms with Gasteiger partial charge in [0.15, 0.2) is 0 Å². The van der Waals surface area contributed by atoms with E-state index in [9.17, 15) is 0 Å². The fourth-order valence-corrected chi connectivity index (χ4v) is 2.76. The number of halogens is 1. The van der Waals surface area contributed by atoms with Crippen LogP contribution in [0.5, 0.6) is 0 Å². The Hall–Kier alpha value is -0.0357. The summed E-state index contributed by atoms with van der Waals surface area (Å²) in [6.07, 6.45) is 15.8. The first-order valence-electron chi connectivity index (χ1n) is 4.77. The van der Waals surface area contributed by atoms with Crippen molar-refractivity contribution in [3.63, 3.8) is 0 Å². The maximum atomic E-state index is 2.29. The third kappa shape index (κ3) is 2.50. The van der Waals surface area contributed by atoms with Gasteiger partial charge in [0.05, 0.1) is 0 Å². The van der Waals surface area contributed by atoms with Crippen LogP contribution in [-0.2, 0) is 20.4 Å². The second-order valence-corrected chi connectivity index (χ2v) is 4.14. The SMILES string of the molecule is [Cl-].[Ti+][CH2]C(C1=CC=CC1)C1=CC=CC1. The minimum absolute atomic E-state index is 0. The standard InChI is InChI=1S/C12H13.ClH.Ti/c1-10(11-6-2-3-7-11)12-8-4-5-9-12;;/h2-6,8,10H,1,7,9H2;1H;/q;;+1/p-1. The molecule has 0 atom stereocenters. The zero-order valence-electron chi connectivity index (χ0n) is 8.04. The van der Waals surface area contributed by atoms with E-state index in [1.807, 2.05) is 0 Å².